The Morgan fingerprint density at radius 3 is 2.15 bits per heavy atom. The number of rotatable bonds is 5. The molecule has 2 aromatic carbocycles. The Morgan fingerprint density at radius 2 is 1.54 bits per heavy atom. The number of carbonyl (C=O) groups is 2. The van der Waals surface area contributed by atoms with Crippen molar-refractivity contribution in [2.24, 2.45) is 0 Å². The van der Waals surface area contributed by atoms with Crippen molar-refractivity contribution in [2.75, 3.05) is 0 Å². The van der Waals surface area contributed by atoms with E-state index in [9.17, 15) is 35.1 Å². The predicted molar refractivity (Wildman–Crippen MR) is 89.4 cm³/mol. The van der Waals surface area contributed by atoms with Crippen LogP contribution in [0.1, 0.15) is 11.1 Å². The first-order valence-corrected chi connectivity index (χ1v) is 7.41. The van der Waals surface area contributed by atoms with Crippen LogP contribution in [0.15, 0.2) is 42.5 Å². The largest absolute Gasteiger partial charge is 0.504 e. The number of phenolic OH excluding ortho intramolecular Hbond substituents is 4. The third-order valence-corrected chi connectivity index (χ3v) is 3.35. The van der Waals surface area contributed by atoms with Gasteiger partial charge in [-0.25, -0.2) is 9.59 Å². The van der Waals surface area contributed by atoms with Gasteiger partial charge in [0.25, 0.3) is 0 Å². The topological polar surface area (TPSA) is 145 Å². The predicted octanol–water partition coefficient (Wildman–Crippen LogP) is 1.20. The van der Waals surface area contributed by atoms with Crippen molar-refractivity contribution in [2.45, 2.75) is 12.5 Å². The zero-order valence-corrected chi connectivity index (χ0v) is 13.4. The Balaban J connectivity index is 1.92. The van der Waals surface area contributed by atoms with Crippen LogP contribution in [0.25, 0.3) is 6.08 Å². The van der Waals surface area contributed by atoms with Crippen molar-refractivity contribution >= 4 is 18.0 Å². The molecule has 0 saturated carbocycles. The van der Waals surface area contributed by atoms with Crippen LogP contribution in [-0.2, 0) is 20.7 Å². The molecule has 136 valence electrons. The first kappa shape index (κ1) is 18.8. The smallest absolute Gasteiger partial charge is 0.343 e. The zero-order valence-electron chi connectivity index (χ0n) is 13.4. The molecule has 0 radical (unpaired) electrons. The monoisotopic (exact) mass is 360 g/mol. The minimum absolute atomic E-state index is 0.227. The molecule has 8 heteroatoms. The van der Waals surface area contributed by atoms with Crippen LogP contribution in [0, 0.1) is 0 Å². The third kappa shape index (κ3) is 4.99. The van der Waals surface area contributed by atoms with Crippen molar-refractivity contribution < 1.29 is 39.9 Å². The number of aromatic hydroxyl groups is 4. The number of phenols is 4. The van der Waals surface area contributed by atoms with E-state index in [-0.39, 0.29) is 23.7 Å². The lowest BCUT2D eigenvalue weighted by Crippen LogP contribution is -2.27. The van der Waals surface area contributed by atoms with Crippen molar-refractivity contribution in [3.05, 3.63) is 53.6 Å². The number of hydrogen-bond acceptors (Lipinski definition) is 8. The fourth-order valence-corrected chi connectivity index (χ4v) is 2.01. The molecule has 1 unspecified atom stereocenters. The lowest BCUT2D eigenvalue weighted by Gasteiger charge is -2.09. The van der Waals surface area contributed by atoms with Gasteiger partial charge in [0.15, 0.2) is 29.1 Å². The van der Waals surface area contributed by atoms with Gasteiger partial charge in [-0.1, -0.05) is 12.1 Å². The average Bonchev–Trinajstić information content (AvgIpc) is 2.59. The van der Waals surface area contributed by atoms with E-state index in [1.54, 1.807) is 0 Å². The summed E-state index contributed by atoms with van der Waals surface area (Å²) in [5.74, 6) is -3.64. The Hall–Kier alpha value is -3.52. The Morgan fingerprint density at radius 1 is 0.923 bits per heavy atom. The molecule has 2 rings (SSSR count). The van der Waals surface area contributed by atoms with Crippen molar-refractivity contribution in [3.63, 3.8) is 0 Å². The molecule has 26 heavy (non-hydrogen) atoms. The second-order valence-electron chi connectivity index (χ2n) is 5.36. The molecule has 1 atom stereocenters. The number of benzene rings is 2. The first-order chi connectivity index (χ1) is 12.3. The Bertz CT molecular complexity index is 856. The number of aliphatic hydroxyl groups excluding tert-OH is 1. The molecule has 0 fully saturated rings. The normalized spacial score (nSPS) is 12.0. The van der Waals surface area contributed by atoms with E-state index in [0.29, 0.717) is 11.1 Å². The second-order valence-corrected chi connectivity index (χ2v) is 5.36. The molecule has 0 amide bonds. The van der Waals surface area contributed by atoms with E-state index in [1.807, 2.05) is 0 Å². The van der Waals surface area contributed by atoms with Crippen LogP contribution in [0.3, 0.4) is 0 Å². The summed E-state index contributed by atoms with van der Waals surface area (Å²) in [7, 11) is 0. The van der Waals surface area contributed by atoms with Crippen LogP contribution < -0.4 is 0 Å². The molecular weight excluding hydrogens is 344 g/mol. The molecule has 5 N–H and O–H groups in total. The molecule has 0 aromatic heterocycles. The molecule has 8 nitrogen and oxygen atoms in total. The van der Waals surface area contributed by atoms with Gasteiger partial charge in [-0.15, -0.1) is 0 Å². The third-order valence-electron chi connectivity index (χ3n) is 3.35. The highest BCUT2D eigenvalue weighted by molar-refractivity contribution is 5.96. The molecule has 0 aliphatic heterocycles. The van der Waals surface area contributed by atoms with Gasteiger partial charge in [0.2, 0.25) is 0 Å². The minimum Gasteiger partial charge on any atom is -0.504 e. The van der Waals surface area contributed by atoms with Gasteiger partial charge in [0.05, 0.1) is 0 Å². The maximum absolute atomic E-state index is 11.7. The molecule has 0 aliphatic carbocycles. The van der Waals surface area contributed by atoms with E-state index >= 15 is 0 Å². The van der Waals surface area contributed by atoms with Crippen LogP contribution in [0.2, 0.25) is 0 Å². The summed E-state index contributed by atoms with van der Waals surface area (Å²) in [6.07, 6.45) is 0.298. The molecule has 0 heterocycles. The fourth-order valence-electron chi connectivity index (χ4n) is 2.01. The minimum atomic E-state index is -1.64. The summed E-state index contributed by atoms with van der Waals surface area (Å²) in [6, 6.07) is 7.61. The molecule has 0 bridgehead atoms. The number of esters is 2. The van der Waals surface area contributed by atoms with Crippen LogP contribution in [-0.4, -0.2) is 43.6 Å². The van der Waals surface area contributed by atoms with Gasteiger partial charge in [-0.05, 0) is 41.5 Å². The highest BCUT2D eigenvalue weighted by atomic mass is 16.6. The number of carbonyl (C=O) groups excluding carboxylic acids is 2. The lowest BCUT2D eigenvalue weighted by molar-refractivity contribution is -0.162. The van der Waals surface area contributed by atoms with Crippen LogP contribution in [0.5, 0.6) is 23.0 Å². The first-order valence-electron chi connectivity index (χ1n) is 7.41. The standard InChI is InChI=1S/C18H16O8/c19-12-4-1-10(7-14(12)21)3-6-17(24)26-18(25)16(23)9-11-2-5-13(20)15(22)8-11/h1-8,16,19-23H,9H2/b6-3+. The van der Waals surface area contributed by atoms with E-state index < -0.39 is 23.8 Å². The summed E-state index contributed by atoms with van der Waals surface area (Å²) in [5.41, 5.74) is 0.733. The molecular formula is C18H16O8. The SMILES string of the molecule is O=C(/C=C/c1ccc(O)c(O)c1)OC(=O)C(O)Cc1ccc(O)c(O)c1. The molecule has 2 aromatic rings. The summed E-state index contributed by atoms with van der Waals surface area (Å²) in [5, 5.41) is 46.9. The quantitative estimate of drug-likeness (QED) is 0.231. The van der Waals surface area contributed by atoms with Gasteiger partial charge in [-0.2, -0.15) is 0 Å². The molecule has 0 spiro atoms. The summed E-state index contributed by atoms with van der Waals surface area (Å²) < 4.78 is 4.48. The van der Waals surface area contributed by atoms with Gasteiger partial charge in [0, 0.05) is 12.5 Å². The number of aliphatic hydroxyl groups is 1. The van der Waals surface area contributed by atoms with E-state index in [0.717, 1.165) is 6.08 Å². The summed E-state index contributed by atoms with van der Waals surface area (Å²) in [4.78, 5) is 23.3. The van der Waals surface area contributed by atoms with Gasteiger partial charge >= 0.3 is 11.9 Å². The van der Waals surface area contributed by atoms with Gasteiger partial charge in [-0.3, -0.25) is 0 Å². The van der Waals surface area contributed by atoms with E-state index in [2.05, 4.69) is 4.74 Å². The molecule has 0 aliphatic rings. The maximum Gasteiger partial charge on any atom is 0.343 e. The lowest BCUT2D eigenvalue weighted by atomic mass is 10.1. The second kappa shape index (κ2) is 8.04. The Labute approximate surface area is 147 Å². The zero-order chi connectivity index (χ0) is 19.3. The van der Waals surface area contributed by atoms with Crippen molar-refractivity contribution in [1.29, 1.82) is 0 Å². The molecule has 0 saturated heterocycles. The van der Waals surface area contributed by atoms with Gasteiger partial charge in [0.1, 0.15) is 0 Å². The maximum atomic E-state index is 11.7. The number of ether oxygens (including phenoxy) is 1. The summed E-state index contributed by atoms with van der Waals surface area (Å²) in [6.45, 7) is 0. The highest BCUT2D eigenvalue weighted by Crippen LogP contribution is 2.26. The van der Waals surface area contributed by atoms with Crippen LogP contribution in [0.4, 0.5) is 0 Å². The van der Waals surface area contributed by atoms with E-state index in [4.69, 9.17) is 0 Å². The van der Waals surface area contributed by atoms with Gasteiger partial charge < -0.3 is 30.3 Å². The van der Waals surface area contributed by atoms with Crippen LogP contribution >= 0.6 is 0 Å². The highest BCUT2D eigenvalue weighted by Gasteiger charge is 2.20. The van der Waals surface area contributed by atoms with Crippen molar-refractivity contribution in [1.82, 2.24) is 0 Å². The van der Waals surface area contributed by atoms with E-state index in [1.165, 1.54) is 42.5 Å². The summed E-state index contributed by atoms with van der Waals surface area (Å²) >= 11 is 0. The van der Waals surface area contributed by atoms with Crippen molar-refractivity contribution in [3.8, 4) is 23.0 Å². The fraction of sp³-hybridized carbons (Fsp3) is 0.111. The average molecular weight is 360 g/mol. The number of hydrogen-bond donors (Lipinski definition) is 5. The Kier molecular flexibility index (Phi) is 5.82.